The molecular weight excluding hydrogens is 264 g/mol. The average molecular weight is 282 g/mol. The molecule has 0 aliphatic heterocycles. The minimum atomic E-state index is -0.654. The van der Waals surface area contributed by atoms with Crippen molar-refractivity contribution in [3.63, 3.8) is 0 Å². The van der Waals surface area contributed by atoms with Gasteiger partial charge in [0.25, 0.3) is 0 Å². The summed E-state index contributed by atoms with van der Waals surface area (Å²) in [5.41, 5.74) is 2.04. The zero-order valence-corrected chi connectivity index (χ0v) is 12.0. The van der Waals surface area contributed by atoms with Gasteiger partial charge < -0.3 is 5.32 Å². The van der Waals surface area contributed by atoms with Crippen LogP contribution in [-0.4, -0.2) is 22.2 Å². The fraction of sp³-hybridized carbons (Fsp3) is 0.312. The van der Waals surface area contributed by atoms with Gasteiger partial charge in [-0.25, -0.2) is 0 Å². The molecule has 1 aromatic carbocycles. The SMILES string of the molecule is Cn1nccc1CCNC(=O)C(C#N)Cc1ccccc1. The van der Waals surface area contributed by atoms with Gasteiger partial charge in [0.2, 0.25) is 5.91 Å². The van der Waals surface area contributed by atoms with E-state index in [9.17, 15) is 4.79 Å². The van der Waals surface area contributed by atoms with Gasteiger partial charge >= 0.3 is 0 Å². The number of aromatic nitrogens is 2. The summed E-state index contributed by atoms with van der Waals surface area (Å²) >= 11 is 0. The second-order valence-electron chi connectivity index (χ2n) is 4.86. The summed E-state index contributed by atoms with van der Waals surface area (Å²) in [4.78, 5) is 12.0. The predicted octanol–water partition coefficient (Wildman–Crippen LogP) is 1.46. The summed E-state index contributed by atoms with van der Waals surface area (Å²) in [6.45, 7) is 0.505. The molecule has 0 saturated heterocycles. The molecule has 0 aliphatic carbocycles. The fourth-order valence-electron chi connectivity index (χ4n) is 2.13. The molecule has 0 fully saturated rings. The monoisotopic (exact) mass is 282 g/mol. The maximum absolute atomic E-state index is 12.0. The lowest BCUT2D eigenvalue weighted by atomic mass is 10.00. The lowest BCUT2D eigenvalue weighted by Gasteiger charge is -2.10. The van der Waals surface area contributed by atoms with E-state index < -0.39 is 5.92 Å². The minimum absolute atomic E-state index is 0.219. The minimum Gasteiger partial charge on any atom is -0.355 e. The van der Waals surface area contributed by atoms with Crippen LogP contribution < -0.4 is 5.32 Å². The largest absolute Gasteiger partial charge is 0.355 e. The van der Waals surface area contributed by atoms with Gasteiger partial charge in [0, 0.05) is 31.9 Å². The van der Waals surface area contributed by atoms with Crippen LogP contribution in [0.15, 0.2) is 42.6 Å². The predicted molar refractivity (Wildman–Crippen MR) is 79.2 cm³/mol. The highest BCUT2D eigenvalue weighted by Gasteiger charge is 2.17. The third-order valence-corrected chi connectivity index (χ3v) is 3.36. The number of amides is 1. The Morgan fingerprint density at radius 1 is 1.38 bits per heavy atom. The van der Waals surface area contributed by atoms with Crippen LogP contribution in [0.3, 0.4) is 0 Å². The van der Waals surface area contributed by atoms with E-state index in [2.05, 4.69) is 16.5 Å². The highest BCUT2D eigenvalue weighted by Crippen LogP contribution is 2.08. The Bertz CT molecular complexity index is 627. The molecule has 2 rings (SSSR count). The summed E-state index contributed by atoms with van der Waals surface area (Å²) in [5.74, 6) is -0.873. The van der Waals surface area contributed by atoms with Crippen molar-refractivity contribution in [2.75, 3.05) is 6.54 Å². The zero-order chi connectivity index (χ0) is 15.1. The number of aryl methyl sites for hydroxylation is 1. The molecule has 0 saturated carbocycles. The standard InChI is InChI=1S/C16H18N4O/c1-20-15(8-10-19-20)7-9-18-16(21)14(12-17)11-13-5-3-2-4-6-13/h2-6,8,10,14H,7,9,11H2,1H3,(H,18,21). The Hall–Kier alpha value is -2.61. The van der Waals surface area contributed by atoms with Crippen molar-refractivity contribution in [1.82, 2.24) is 15.1 Å². The van der Waals surface area contributed by atoms with E-state index in [0.717, 1.165) is 11.3 Å². The molecule has 0 radical (unpaired) electrons. The molecule has 1 N–H and O–H groups in total. The van der Waals surface area contributed by atoms with E-state index in [1.54, 1.807) is 10.9 Å². The number of rotatable bonds is 6. The number of hydrogen-bond acceptors (Lipinski definition) is 3. The maximum atomic E-state index is 12.0. The van der Waals surface area contributed by atoms with Crippen LogP contribution in [0.2, 0.25) is 0 Å². The molecule has 2 aromatic rings. The van der Waals surface area contributed by atoms with Crippen LogP contribution in [0, 0.1) is 17.2 Å². The fourth-order valence-corrected chi connectivity index (χ4v) is 2.13. The molecule has 1 unspecified atom stereocenters. The third kappa shape index (κ3) is 4.18. The molecule has 5 heteroatoms. The molecule has 1 aromatic heterocycles. The van der Waals surface area contributed by atoms with E-state index in [1.165, 1.54) is 0 Å². The smallest absolute Gasteiger partial charge is 0.237 e. The molecule has 0 aliphatic rings. The van der Waals surface area contributed by atoms with E-state index >= 15 is 0 Å². The number of nitrogens with one attached hydrogen (secondary N) is 1. The topological polar surface area (TPSA) is 70.7 Å². The first kappa shape index (κ1) is 14.8. The van der Waals surface area contributed by atoms with Crippen LogP contribution in [0.25, 0.3) is 0 Å². The zero-order valence-electron chi connectivity index (χ0n) is 12.0. The van der Waals surface area contributed by atoms with Gasteiger partial charge in [-0.15, -0.1) is 0 Å². The summed E-state index contributed by atoms with van der Waals surface area (Å²) in [5, 5.41) is 16.1. The van der Waals surface area contributed by atoms with Crippen LogP contribution in [-0.2, 0) is 24.7 Å². The summed E-state index contributed by atoms with van der Waals surface area (Å²) in [7, 11) is 1.87. The molecule has 1 heterocycles. The Labute approximate surface area is 124 Å². The normalized spacial score (nSPS) is 11.6. The average Bonchev–Trinajstić information content (AvgIpc) is 2.91. The number of carbonyl (C=O) groups is 1. The highest BCUT2D eigenvalue weighted by atomic mass is 16.1. The van der Waals surface area contributed by atoms with Gasteiger partial charge in [-0.2, -0.15) is 10.4 Å². The lowest BCUT2D eigenvalue weighted by molar-refractivity contribution is -0.123. The van der Waals surface area contributed by atoms with E-state index in [4.69, 9.17) is 5.26 Å². The summed E-state index contributed by atoms with van der Waals surface area (Å²) in [6.07, 6.45) is 2.87. The van der Waals surface area contributed by atoms with Crippen molar-refractivity contribution in [1.29, 1.82) is 5.26 Å². The van der Waals surface area contributed by atoms with Crippen molar-refractivity contribution in [2.24, 2.45) is 13.0 Å². The molecule has 0 bridgehead atoms. The van der Waals surface area contributed by atoms with Crippen LogP contribution in [0.4, 0.5) is 0 Å². The van der Waals surface area contributed by atoms with Crippen molar-refractivity contribution in [2.45, 2.75) is 12.8 Å². The summed E-state index contributed by atoms with van der Waals surface area (Å²) < 4.78 is 1.78. The van der Waals surface area contributed by atoms with Gasteiger partial charge in [-0.05, 0) is 18.1 Å². The van der Waals surface area contributed by atoms with Crippen LogP contribution >= 0.6 is 0 Å². The molecular formula is C16H18N4O. The summed E-state index contributed by atoms with van der Waals surface area (Å²) in [6, 6.07) is 13.6. The first-order valence-corrected chi connectivity index (χ1v) is 6.89. The van der Waals surface area contributed by atoms with Crippen LogP contribution in [0.1, 0.15) is 11.3 Å². The van der Waals surface area contributed by atoms with E-state index in [0.29, 0.717) is 19.4 Å². The van der Waals surface area contributed by atoms with Gasteiger partial charge in [0.05, 0.1) is 6.07 Å². The number of benzene rings is 1. The first-order valence-electron chi connectivity index (χ1n) is 6.89. The second kappa shape index (κ2) is 7.25. The number of nitriles is 1. The Kier molecular flexibility index (Phi) is 5.10. The first-order chi connectivity index (χ1) is 10.2. The quantitative estimate of drug-likeness (QED) is 0.872. The number of nitrogens with zero attached hydrogens (tertiary/aromatic N) is 3. The molecule has 1 atom stereocenters. The number of hydrogen-bond donors (Lipinski definition) is 1. The second-order valence-corrected chi connectivity index (χ2v) is 4.86. The molecule has 5 nitrogen and oxygen atoms in total. The van der Waals surface area contributed by atoms with E-state index in [1.807, 2.05) is 43.4 Å². The van der Waals surface area contributed by atoms with Gasteiger partial charge in [-0.1, -0.05) is 30.3 Å². The lowest BCUT2D eigenvalue weighted by Crippen LogP contribution is -2.32. The van der Waals surface area contributed by atoms with E-state index in [-0.39, 0.29) is 5.91 Å². The van der Waals surface area contributed by atoms with Crippen molar-refractivity contribution in [3.05, 3.63) is 53.9 Å². The molecule has 0 spiro atoms. The maximum Gasteiger partial charge on any atom is 0.237 e. The Morgan fingerprint density at radius 3 is 2.76 bits per heavy atom. The van der Waals surface area contributed by atoms with Crippen molar-refractivity contribution >= 4 is 5.91 Å². The van der Waals surface area contributed by atoms with Gasteiger partial charge in [0.15, 0.2) is 0 Å². The molecule has 1 amide bonds. The Balaban J connectivity index is 1.83. The van der Waals surface area contributed by atoms with Gasteiger partial charge in [0.1, 0.15) is 5.92 Å². The number of carbonyl (C=O) groups excluding carboxylic acids is 1. The van der Waals surface area contributed by atoms with Gasteiger partial charge in [-0.3, -0.25) is 9.48 Å². The Morgan fingerprint density at radius 2 is 2.14 bits per heavy atom. The third-order valence-electron chi connectivity index (χ3n) is 3.36. The highest BCUT2D eigenvalue weighted by molar-refractivity contribution is 5.81. The van der Waals surface area contributed by atoms with Crippen molar-refractivity contribution < 1.29 is 4.79 Å². The molecule has 21 heavy (non-hydrogen) atoms. The molecule has 108 valence electrons. The van der Waals surface area contributed by atoms with Crippen molar-refractivity contribution in [3.8, 4) is 6.07 Å². The van der Waals surface area contributed by atoms with Crippen LogP contribution in [0.5, 0.6) is 0 Å².